The summed E-state index contributed by atoms with van der Waals surface area (Å²) in [5.41, 5.74) is 1.39. The van der Waals surface area contributed by atoms with Crippen molar-refractivity contribution in [1.82, 2.24) is 4.72 Å². The van der Waals surface area contributed by atoms with Gasteiger partial charge in [0, 0.05) is 38.7 Å². The van der Waals surface area contributed by atoms with E-state index in [1.807, 2.05) is 42.3 Å². The highest BCUT2D eigenvalue weighted by Gasteiger charge is 2.30. The van der Waals surface area contributed by atoms with Gasteiger partial charge in [0.15, 0.2) is 0 Å². The van der Waals surface area contributed by atoms with Crippen molar-refractivity contribution in [3.05, 3.63) is 54.6 Å². The van der Waals surface area contributed by atoms with Crippen LogP contribution >= 0.6 is 0 Å². The van der Waals surface area contributed by atoms with Gasteiger partial charge in [0.2, 0.25) is 21.8 Å². The average Bonchev–Trinajstić information content (AvgIpc) is 3.00. The highest BCUT2D eigenvalue weighted by atomic mass is 32.2. The van der Waals surface area contributed by atoms with Gasteiger partial charge in [0.25, 0.3) is 0 Å². The van der Waals surface area contributed by atoms with Crippen LogP contribution in [-0.4, -0.2) is 40.4 Å². The molecule has 1 aliphatic heterocycles. The quantitative estimate of drug-likeness (QED) is 0.732. The van der Waals surface area contributed by atoms with Crippen LogP contribution in [0, 0.1) is 0 Å². The van der Waals surface area contributed by atoms with E-state index < -0.39 is 10.0 Å². The monoisotopic (exact) mass is 387 g/mol. The molecular weight excluding hydrogens is 366 g/mol. The molecule has 0 unspecified atom stereocenters. The molecule has 27 heavy (non-hydrogen) atoms. The van der Waals surface area contributed by atoms with Crippen molar-refractivity contribution in [1.29, 1.82) is 0 Å². The van der Waals surface area contributed by atoms with Crippen LogP contribution in [0.3, 0.4) is 0 Å². The molecule has 0 spiro atoms. The number of hydrogen-bond donors (Lipinski definition) is 1. The SMILES string of the molecule is CN(CCNS(=O)(=O)c1ccc(N2C(=O)CCC2=O)cc1)c1ccccc1. The Hall–Kier alpha value is -2.71. The smallest absolute Gasteiger partial charge is 0.240 e. The molecule has 8 heteroatoms. The average molecular weight is 387 g/mol. The van der Waals surface area contributed by atoms with Crippen LogP contribution in [0.25, 0.3) is 0 Å². The molecule has 1 N–H and O–H groups in total. The molecule has 3 rings (SSSR count). The minimum Gasteiger partial charge on any atom is -0.373 e. The van der Waals surface area contributed by atoms with Crippen molar-refractivity contribution in [2.24, 2.45) is 0 Å². The maximum absolute atomic E-state index is 12.4. The van der Waals surface area contributed by atoms with Crippen molar-refractivity contribution in [3.63, 3.8) is 0 Å². The predicted molar refractivity (Wildman–Crippen MR) is 103 cm³/mol. The van der Waals surface area contributed by atoms with Gasteiger partial charge in [0.05, 0.1) is 10.6 Å². The topological polar surface area (TPSA) is 86.8 Å². The zero-order valence-electron chi connectivity index (χ0n) is 15.0. The number of para-hydroxylation sites is 1. The van der Waals surface area contributed by atoms with Crippen molar-refractivity contribution in [2.45, 2.75) is 17.7 Å². The summed E-state index contributed by atoms with van der Waals surface area (Å²) < 4.78 is 27.4. The van der Waals surface area contributed by atoms with E-state index in [4.69, 9.17) is 0 Å². The van der Waals surface area contributed by atoms with Gasteiger partial charge in [-0.3, -0.25) is 14.5 Å². The van der Waals surface area contributed by atoms with E-state index in [1.165, 1.54) is 24.3 Å². The Morgan fingerprint density at radius 2 is 1.56 bits per heavy atom. The predicted octanol–water partition coefficient (Wildman–Crippen LogP) is 1.75. The van der Waals surface area contributed by atoms with Crippen LogP contribution in [0.15, 0.2) is 59.5 Å². The Morgan fingerprint density at radius 3 is 2.15 bits per heavy atom. The van der Waals surface area contributed by atoms with Gasteiger partial charge in [-0.2, -0.15) is 0 Å². The summed E-state index contributed by atoms with van der Waals surface area (Å²) in [7, 11) is -1.78. The van der Waals surface area contributed by atoms with Crippen LogP contribution < -0.4 is 14.5 Å². The third kappa shape index (κ3) is 4.35. The van der Waals surface area contributed by atoms with Crippen LogP contribution in [0.5, 0.6) is 0 Å². The van der Waals surface area contributed by atoms with E-state index in [0.29, 0.717) is 12.2 Å². The van der Waals surface area contributed by atoms with Crippen LogP contribution in [0.2, 0.25) is 0 Å². The fourth-order valence-corrected chi connectivity index (χ4v) is 3.90. The normalized spacial score (nSPS) is 14.6. The van der Waals surface area contributed by atoms with E-state index in [-0.39, 0.29) is 36.1 Å². The summed E-state index contributed by atoms with van der Waals surface area (Å²) in [6.45, 7) is 0.761. The summed E-state index contributed by atoms with van der Waals surface area (Å²) in [6.07, 6.45) is 0.380. The highest BCUT2D eigenvalue weighted by Crippen LogP contribution is 2.23. The molecule has 1 heterocycles. The fraction of sp³-hybridized carbons (Fsp3) is 0.263. The van der Waals surface area contributed by atoms with Gasteiger partial charge in [0.1, 0.15) is 0 Å². The van der Waals surface area contributed by atoms with E-state index in [2.05, 4.69) is 4.72 Å². The summed E-state index contributed by atoms with van der Waals surface area (Å²) in [5.74, 6) is -0.532. The number of sulfonamides is 1. The fourth-order valence-electron chi connectivity index (χ4n) is 2.88. The first-order valence-corrected chi connectivity index (χ1v) is 10.1. The van der Waals surface area contributed by atoms with Crippen LogP contribution in [-0.2, 0) is 19.6 Å². The first-order valence-electron chi connectivity index (χ1n) is 8.60. The molecule has 2 aromatic carbocycles. The minimum absolute atomic E-state index is 0.0905. The van der Waals surface area contributed by atoms with Crippen LogP contribution in [0.1, 0.15) is 12.8 Å². The van der Waals surface area contributed by atoms with Crippen molar-refractivity contribution in [3.8, 4) is 0 Å². The Balaban J connectivity index is 1.61. The Bertz CT molecular complexity index is 911. The number of carbonyl (C=O) groups excluding carboxylic acids is 2. The number of nitrogens with one attached hydrogen (secondary N) is 1. The second kappa shape index (κ2) is 7.89. The number of likely N-dealkylation sites (N-methyl/N-ethyl adjacent to an activating group) is 1. The second-order valence-electron chi connectivity index (χ2n) is 6.27. The molecule has 0 aromatic heterocycles. The standard InChI is InChI=1S/C19H21N3O4S/c1-21(15-5-3-2-4-6-15)14-13-20-27(25,26)17-9-7-16(8-10-17)22-18(23)11-12-19(22)24/h2-10,20H,11-14H2,1H3. The zero-order chi connectivity index (χ0) is 19.4. The van der Waals surface area contributed by atoms with Gasteiger partial charge in [-0.25, -0.2) is 13.1 Å². The lowest BCUT2D eigenvalue weighted by molar-refractivity contribution is -0.121. The minimum atomic E-state index is -3.67. The molecule has 1 fully saturated rings. The molecule has 0 saturated carbocycles. The lowest BCUT2D eigenvalue weighted by atomic mass is 10.3. The molecule has 0 radical (unpaired) electrons. The molecule has 7 nitrogen and oxygen atoms in total. The van der Waals surface area contributed by atoms with E-state index in [9.17, 15) is 18.0 Å². The summed E-state index contributed by atoms with van der Waals surface area (Å²) in [6, 6.07) is 15.4. The highest BCUT2D eigenvalue weighted by molar-refractivity contribution is 7.89. The number of imide groups is 1. The molecular formula is C19H21N3O4S. The number of amides is 2. The zero-order valence-corrected chi connectivity index (χ0v) is 15.8. The number of anilines is 2. The molecule has 0 aliphatic carbocycles. The van der Waals surface area contributed by atoms with Crippen molar-refractivity contribution < 1.29 is 18.0 Å². The number of rotatable bonds is 7. The molecule has 0 bridgehead atoms. The van der Waals surface area contributed by atoms with Crippen molar-refractivity contribution >= 4 is 33.2 Å². The number of benzene rings is 2. The van der Waals surface area contributed by atoms with Gasteiger partial charge in [-0.1, -0.05) is 18.2 Å². The Kier molecular flexibility index (Phi) is 5.57. The summed E-state index contributed by atoms with van der Waals surface area (Å²) in [5, 5.41) is 0. The van der Waals surface area contributed by atoms with Gasteiger partial charge in [-0.05, 0) is 36.4 Å². The van der Waals surface area contributed by atoms with Crippen LogP contribution in [0.4, 0.5) is 11.4 Å². The lowest BCUT2D eigenvalue weighted by Crippen LogP contribution is -2.33. The first kappa shape index (κ1) is 19.1. The van der Waals surface area contributed by atoms with Gasteiger partial charge < -0.3 is 4.90 Å². The second-order valence-corrected chi connectivity index (χ2v) is 8.04. The summed E-state index contributed by atoms with van der Waals surface area (Å²) in [4.78, 5) is 26.7. The Morgan fingerprint density at radius 1 is 0.963 bits per heavy atom. The summed E-state index contributed by atoms with van der Waals surface area (Å²) >= 11 is 0. The lowest BCUT2D eigenvalue weighted by Gasteiger charge is -2.19. The van der Waals surface area contributed by atoms with E-state index in [0.717, 1.165) is 10.6 Å². The maximum Gasteiger partial charge on any atom is 0.240 e. The van der Waals surface area contributed by atoms with E-state index in [1.54, 1.807) is 0 Å². The van der Waals surface area contributed by atoms with Crippen molar-refractivity contribution in [2.75, 3.05) is 29.9 Å². The van der Waals surface area contributed by atoms with E-state index >= 15 is 0 Å². The number of carbonyl (C=O) groups is 2. The first-order chi connectivity index (χ1) is 12.9. The molecule has 1 aliphatic rings. The maximum atomic E-state index is 12.4. The largest absolute Gasteiger partial charge is 0.373 e. The third-order valence-corrected chi connectivity index (χ3v) is 5.87. The molecule has 2 amide bonds. The molecule has 142 valence electrons. The molecule has 1 saturated heterocycles. The third-order valence-electron chi connectivity index (χ3n) is 4.39. The molecule has 2 aromatic rings. The Labute approximate surface area is 158 Å². The van der Waals surface area contributed by atoms with Gasteiger partial charge in [-0.15, -0.1) is 0 Å². The van der Waals surface area contributed by atoms with Gasteiger partial charge >= 0.3 is 0 Å². The molecule has 0 atom stereocenters. The number of hydrogen-bond acceptors (Lipinski definition) is 5. The number of nitrogens with zero attached hydrogens (tertiary/aromatic N) is 2.